The molecular weight excluding hydrogens is 447 g/mol. The number of aryl methyl sites for hydroxylation is 1. The number of methoxy groups -OCH3 is 2. The van der Waals surface area contributed by atoms with Crippen molar-refractivity contribution in [3.05, 3.63) is 58.4 Å². The zero-order valence-electron chi connectivity index (χ0n) is 17.8. The SMILES string of the molecule is COc1cc(CNCCc2c(O)cc(Cl)cc2-c2cn(C)nc2C(F)(F)F)cc(OC)c1. The molecule has 0 aliphatic rings. The Bertz CT molecular complexity index is 1080. The Kier molecular flexibility index (Phi) is 7.20. The van der Waals surface area contributed by atoms with E-state index in [2.05, 4.69) is 10.4 Å². The zero-order valence-corrected chi connectivity index (χ0v) is 18.5. The van der Waals surface area contributed by atoms with Gasteiger partial charge in [0, 0.05) is 42.0 Å². The molecule has 0 unspecified atom stereocenters. The van der Waals surface area contributed by atoms with E-state index in [0.29, 0.717) is 30.2 Å². The molecule has 32 heavy (non-hydrogen) atoms. The summed E-state index contributed by atoms with van der Waals surface area (Å²) in [5.74, 6) is 1.12. The minimum atomic E-state index is -4.64. The summed E-state index contributed by atoms with van der Waals surface area (Å²) in [5.41, 5.74) is 0.293. The second kappa shape index (κ2) is 9.70. The first-order chi connectivity index (χ1) is 15.1. The normalized spacial score (nSPS) is 11.6. The average molecular weight is 470 g/mol. The Labute approximate surface area is 188 Å². The second-order valence-electron chi connectivity index (χ2n) is 7.16. The van der Waals surface area contributed by atoms with Crippen molar-refractivity contribution in [3.8, 4) is 28.4 Å². The van der Waals surface area contributed by atoms with Gasteiger partial charge in [0.05, 0.1) is 14.2 Å². The Balaban J connectivity index is 1.82. The number of nitrogens with zero attached hydrogens (tertiary/aromatic N) is 2. The molecule has 2 aromatic carbocycles. The fourth-order valence-electron chi connectivity index (χ4n) is 3.43. The smallest absolute Gasteiger partial charge is 0.435 e. The van der Waals surface area contributed by atoms with Gasteiger partial charge in [-0.3, -0.25) is 4.68 Å². The zero-order chi connectivity index (χ0) is 23.5. The van der Waals surface area contributed by atoms with Crippen LogP contribution in [0.1, 0.15) is 16.8 Å². The maximum Gasteiger partial charge on any atom is 0.435 e. The summed E-state index contributed by atoms with van der Waals surface area (Å²) in [5, 5.41) is 17.3. The molecule has 6 nitrogen and oxygen atoms in total. The highest BCUT2D eigenvalue weighted by atomic mass is 35.5. The lowest BCUT2D eigenvalue weighted by atomic mass is 9.96. The highest BCUT2D eigenvalue weighted by Crippen LogP contribution is 2.40. The first-order valence-corrected chi connectivity index (χ1v) is 10.1. The molecule has 10 heteroatoms. The topological polar surface area (TPSA) is 68.5 Å². The molecule has 0 aliphatic heterocycles. The number of halogens is 4. The van der Waals surface area contributed by atoms with Crippen molar-refractivity contribution in [1.29, 1.82) is 0 Å². The van der Waals surface area contributed by atoms with Crippen molar-refractivity contribution >= 4 is 11.6 Å². The van der Waals surface area contributed by atoms with Gasteiger partial charge in [-0.2, -0.15) is 18.3 Å². The van der Waals surface area contributed by atoms with E-state index in [0.717, 1.165) is 10.2 Å². The number of benzene rings is 2. The van der Waals surface area contributed by atoms with Gasteiger partial charge in [0.15, 0.2) is 5.69 Å². The van der Waals surface area contributed by atoms with Crippen molar-refractivity contribution in [3.63, 3.8) is 0 Å². The number of ether oxygens (including phenoxy) is 2. The van der Waals surface area contributed by atoms with Crippen LogP contribution in [0, 0.1) is 0 Å². The minimum Gasteiger partial charge on any atom is -0.508 e. The van der Waals surface area contributed by atoms with Crippen LogP contribution in [0.4, 0.5) is 13.2 Å². The van der Waals surface area contributed by atoms with Gasteiger partial charge >= 0.3 is 6.18 Å². The molecule has 0 saturated heterocycles. The maximum atomic E-state index is 13.5. The Morgan fingerprint density at radius 1 is 1.06 bits per heavy atom. The van der Waals surface area contributed by atoms with Crippen molar-refractivity contribution in [1.82, 2.24) is 15.1 Å². The first kappa shape index (κ1) is 23.7. The lowest BCUT2D eigenvalue weighted by molar-refractivity contribution is -0.140. The van der Waals surface area contributed by atoms with Gasteiger partial charge in [-0.05, 0) is 48.4 Å². The van der Waals surface area contributed by atoms with Gasteiger partial charge in [0.2, 0.25) is 0 Å². The molecule has 0 radical (unpaired) electrons. The lowest BCUT2D eigenvalue weighted by Crippen LogP contribution is -2.17. The predicted molar refractivity (Wildman–Crippen MR) is 115 cm³/mol. The van der Waals surface area contributed by atoms with Crippen molar-refractivity contribution in [2.45, 2.75) is 19.1 Å². The van der Waals surface area contributed by atoms with Crippen LogP contribution in [0.2, 0.25) is 5.02 Å². The van der Waals surface area contributed by atoms with E-state index in [1.807, 2.05) is 12.1 Å². The number of hydrogen-bond acceptors (Lipinski definition) is 5. The number of phenolic OH excluding ortho intramolecular Hbond substituents is 1. The van der Waals surface area contributed by atoms with Crippen molar-refractivity contribution in [2.75, 3.05) is 20.8 Å². The van der Waals surface area contributed by atoms with Gasteiger partial charge < -0.3 is 19.9 Å². The number of rotatable bonds is 8. The minimum absolute atomic E-state index is 0.134. The Morgan fingerprint density at radius 3 is 2.31 bits per heavy atom. The third-order valence-corrected chi connectivity index (χ3v) is 5.09. The monoisotopic (exact) mass is 469 g/mol. The molecule has 3 aromatic rings. The van der Waals surface area contributed by atoms with Crippen LogP contribution in [0.5, 0.6) is 17.2 Å². The fourth-order valence-corrected chi connectivity index (χ4v) is 3.65. The molecule has 0 spiro atoms. The quantitative estimate of drug-likeness (QED) is 0.463. The number of phenols is 1. The second-order valence-corrected chi connectivity index (χ2v) is 7.60. The largest absolute Gasteiger partial charge is 0.508 e. The van der Waals surface area contributed by atoms with Crippen LogP contribution in [-0.2, 0) is 26.2 Å². The third kappa shape index (κ3) is 5.46. The van der Waals surface area contributed by atoms with Crippen molar-refractivity contribution < 1.29 is 27.8 Å². The molecule has 0 aliphatic carbocycles. The molecular formula is C22H23ClF3N3O3. The van der Waals surface area contributed by atoms with Gasteiger partial charge in [-0.25, -0.2) is 0 Å². The Morgan fingerprint density at radius 2 is 1.72 bits per heavy atom. The molecule has 0 saturated carbocycles. The summed E-state index contributed by atoms with van der Waals surface area (Å²) in [6.45, 7) is 0.862. The molecule has 0 bridgehead atoms. The summed E-state index contributed by atoms with van der Waals surface area (Å²) in [6.07, 6.45) is -3.10. The van der Waals surface area contributed by atoms with E-state index in [1.54, 1.807) is 20.3 Å². The van der Waals surface area contributed by atoms with E-state index in [4.69, 9.17) is 21.1 Å². The van der Waals surface area contributed by atoms with E-state index < -0.39 is 11.9 Å². The van der Waals surface area contributed by atoms with E-state index in [9.17, 15) is 18.3 Å². The number of aromatic hydroxyl groups is 1. The van der Waals surface area contributed by atoms with Crippen LogP contribution in [-0.4, -0.2) is 35.7 Å². The third-order valence-electron chi connectivity index (χ3n) is 4.87. The maximum absolute atomic E-state index is 13.5. The van der Waals surface area contributed by atoms with Crippen LogP contribution in [0.15, 0.2) is 36.5 Å². The highest BCUT2D eigenvalue weighted by Gasteiger charge is 2.38. The summed E-state index contributed by atoms with van der Waals surface area (Å²) in [6, 6.07) is 8.19. The van der Waals surface area contributed by atoms with Crippen molar-refractivity contribution in [2.24, 2.45) is 7.05 Å². The van der Waals surface area contributed by atoms with Gasteiger partial charge in [0.1, 0.15) is 17.2 Å². The molecule has 0 fully saturated rings. The number of hydrogen-bond donors (Lipinski definition) is 2. The van der Waals surface area contributed by atoms with Gasteiger partial charge in [0.25, 0.3) is 0 Å². The molecule has 172 valence electrons. The molecule has 1 heterocycles. The number of aromatic nitrogens is 2. The number of alkyl halides is 3. The molecule has 3 rings (SSSR count). The summed E-state index contributed by atoms with van der Waals surface area (Å²) in [4.78, 5) is 0. The average Bonchev–Trinajstić information content (AvgIpc) is 3.13. The summed E-state index contributed by atoms with van der Waals surface area (Å²) >= 11 is 6.04. The van der Waals surface area contributed by atoms with E-state index in [1.165, 1.54) is 25.4 Å². The van der Waals surface area contributed by atoms with Crippen LogP contribution in [0.3, 0.4) is 0 Å². The number of nitrogens with one attached hydrogen (secondary N) is 1. The van der Waals surface area contributed by atoms with Crippen LogP contribution < -0.4 is 14.8 Å². The fraction of sp³-hybridized carbons (Fsp3) is 0.318. The van der Waals surface area contributed by atoms with Crippen LogP contribution in [0.25, 0.3) is 11.1 Å². The van der Waals surface area contributed by atoms with Gasteiger partial charge in [-0.15, -0.1) is 0 Å². The summed E-state index contributed by atoms with van der Waals surface area (Å²) < 4.78 is 52.1. The van der Waals surface area contributed by atoms with Crippen LogP contribution >= 0.6 is 11.6 Å². The van der Waals surface area contributed by atoms with E-state index in [-0.39, 0.29) is 28.3 Å². The summed E-state index contributed by atoms with van der Waals surface area (Å²) in [7, 11) is 4.53. The molecule has 0 amide bonds. The first-order valence-electron chi connectivity index (χ1n) is 9.67. The Hall–Kier alpha value is -2.91. The lowest BCUT2D eigenvalue weighted by Gasteiger charge is -2.14. The van der Waals surface area contributed by atoms with Gasteiger partial charge in [-0.1, -0.05) is 11.6 Å². The molecule has 1 aromatic heterocycles. The highest BCUT2D eigenvalue weighted by molar-refractivity contribution is 6.31. The molecule has 0 atom stereocenters. The molecule has 2 N–H and O–H groups in total. The van der Waals surface area contributed by atoms with E-state index >= 15 is 0 Å². The predicted octanol–water partition coefficient (Wildman–Crippen LogP) is 4.81. The standard InChI is InChI=1S/C22H23ClF3N3O3/c1-29-12-19(21(28-29)22(24,25)26)18-8-14(23)9-20(30)17(18)4-5-27-11-13-6-15(31-2)10-16(7-13)32-3/h6-10,12,27,30H,4-5,11H2,1-3H3.